The zero-order valence-corrected chi connectivity index (χ0v) is 10.7. The van der Waals surface area contributed by atoms with Crippen molar-refractivity contribution < 1.29 is 18.0 Å². The van der Waals surface area contributed by atoms with Crippen LogP contribution in [0.2, 0.25) is 0 Å². The summed E-state index contributed by atoms with van der Waals surface area (Å²) in [5, 5.41) is 20.6. The number of aromatic nitrogens is 2. The maximum atomic E-state index is 11.0. The van der Waals surface area contributed by atoms with Crippen LogP contribution in [0.5, 0.6) is 0 Å². The van der Waals surface area contributed by atoms with Crippen LogP contribution < -0.4 is 5.32 Å². The average molecular weight is 286 g/mol. The Bertz CT molecular complexity index is 723. The molecule has 0 saturated carbocycles. The van der Waals surface area contributed by atoms with Crippen LogP contribution in [0, 0.1) is 10.1 Å². The highest BCUT2D eigenvalue weighted by Crippen LogP contribution is 2.28. The molecule has 2 rings (SSSR count). The summed E-state index contributed by atoms with van der Waals surface area (Å²) in [7, 11) is -3.09. The van der Waals surface area contributed by atoms with Crippen molar-refractivity contribution in [2.75, 3.05) is 23.9 Å². The van der Waals surface area contributed by atoms with Crippen LogP contribution in [0.1, 0.15) is 0 Å². The fourth-order valence-electron chi connectivity index (χ4n) is 1.51. The molecule has 2 aromatic rings. The molecule has 102 valence electrons. The van der Waals surface area contributed by atoms with Crippen molar-refractivity contribution in [3.05, 3.63) is 22.2 Å². The van der Waals surface area contributed by atoms with Gasteiger partial charge >= 0.3 is 5.69 Å². The molecule has 0 radical (unpaired) electrons. The van der Waals surface area contributed by atoms with Gasteiger partial charge in [0.25, 0.3) is 0 Å². The number of anilines is 1. The first-order valence-electron chi connectivity index (χ1n) is 5.20. The fraction of sp³-hybridized carbons (Fsp3) is 0.333. The van der Waals surface area contributed by atoms with Crippen molar-refractivity contribution in [2.45, 2.75) is 0 Å². The van der Waals surface area contributed by atoms with Crippen molar-refractivity contribution in [2.24, 2.45) is 0 Å². The second kappa shape index (κ2) is 4.80. The highest BCUT2D eigenvalue weighted by Gasteiger charge is 2.19. The van der Waals surface area contributed by atoms with E-state index in [0.29, 0.717) is 5.69 Å². The number of rotatable bonds is 5. The lowest BCUT2D eigenvalue weighted by Crippen LogP contribution is -2.14. The number of sulfone groups is 1. The molecule has 0 fully saturated rings. The monoisotopic (exact) mass is 286 g/mol. The predicted octanol–water partition coefficient (Wildman–Crippen LogP) is 0.587. The Morgan fingerprint density at radius 3 is 2.68 bits per heavy atom. The lowest BCUT2D eigenvalue weighted by molar-refractivity contribution is -0.383. The first-order valence-corrected chi connectivity index (χ1v) is 7.26. The number of hydrogen-bond acceptors (Lipinski definition) is 8. The van der Waals surface area contributed by atoms with Crippen LogP contribution in [-0.4, -0.2) is 42.2 Å². The van der Waals surface area contributed by atoms with Gasteiger partial charge in [0.2, 0.25) is 5.52 Å². The highest BCUT2D eigenvalue weighted by atomic mass is 32.2. The minimum Gasteiger partial charge on any atom is -0.382 e. The molecule has 0 aliphatic heterocycles. The Morgan fingerprint density at radius 1 is 1.37 bits per heavy atom. The lowest BCUT2D eigenvalue weighted by Gasteiger charge is -2.05. The molecular formula is C9H10N4O5S. The van der Waals surface area contributed by atoms with E-state index in [1.165, 1.54) is 12.1 Å². The molecule has 0 saturated heterocycles. The third kappa shape index (κ3) is 2.96. The predicted molar refractivity (Wildman–Crippen MR) is 66.7 cm³/mol. The zero-order chi connectivity index (χ0) is 14.0. The number of nitro benzene ring substituents is 1. The first kappa shape index (κ1) is 13.2. The molecule has 1 N–H and O–H groups in total. The standard InChI is InChI=1S/C9H10N4O5S/c1-19(16,17)5-4-10-6-2-3-7(13(14)15)9-8(6)11-18-12-9/h2-3,10H,4-5H2,1H3. The third-order valence-corrected chi connectivity index (χ3v) is 3.32. The number of hydrogen-bond donors (Lipinski definition) is 1. The molecule has 0 aliphatic rings. The van der Waals surface area contributed by atoms with Crippen LogP contribution in [0.3, 0.4) is 0 Å². The molecule has 0 spiro atoms. The van der Waals surface area contributed by atoms with E-state index < -0.39 is 14.8 Å². The molecule has 1 heterocycles. The average Bonchev–Trinajstić information content (AvgIpc) is 2.76. The van der Waals surface area contributed by atoms with Gasteiger partial charge in [-0.05, 0) is 16.4 Å². The minimum absolute atomic E-state index is 0.0226. The molecule has 1 aromatic heterocycles. The van der Waals surface area contributed by atoms with Gasteiger partial charge in [-0.1, -0.05) is 0 Å². The normalized spacial score (nSPS) is 11.6. The molecular weight excluding hydrogens is 276 g/mol. The highest BCUT2D eigenvalue weighted by molar-refractivity contribution is 7.90. The van der Waals surface area contributed by atoms with E-state index in [9.17, 15) is 18.5 Å². The molecule has 19 heavy (non-hydrogen) atoms. The van der Waals surface area contributed by atoms with E-state index >= 15 is 0 Å². The van der Waals surface area contributed by atoms with Gasteiger partial charge in [-0.15, -0.1) is 0 Å². The Balaban J connectivity index is 2.28. The first-order chi connectivity index (χ1) is 8.88. The van der Waals surface area contributed by atoms with Gasteiger partial charge in [-0.3, -0.25) is 10.1 Å². The Morgan fingerprint density at radius 2 is 2.05 bits per heavy atom. The number of non-ortho nitro benzene ring substituents is 1. The number of benzene rings is 1. The molecule has 0 aliphatic carbocycles. The van der Waals surface area contributed by atoms with Gasteiger partial charge in [-0.2, -0.15) is 0 Å². The van der Waals surface area contributed by atoms with E-state index in [2.05, 4.69) is 20.3 Å². The Hall–Kier alpha value is -2.23. The summed E-state index contributed by atoms with van der Waals surface area (Å²) in [6.07, 6.45) is 1.12. The minimum atomic E-state index is -3.09. The van der Waals surface area contributed by atoms with Gasteiger partial charge in [-0.25, -0.2) is 13.0 Å². The van der Waals surface area contributed by atoms with Crippen LogP contribution in [0.4, 0.5) is 11.4 Å². The van der Waals surface area contributed by atoms with Gasteiger partial charge in [0.1, 0.15) is 9.84 Å². The summed E-state index contributed by atoms with van der Waals surface area (Å²) in [5.41, 5.74) is 0.437. The third-order valence-electron chi connectivity index (χ3n) is 2.38. The fourth-order valence-corrected chi connectivity index (χ4v) is 1.99. The van der Waals surface area contributed by atoms with E-state index in [1.807, 2.05) is 0 Å². The molecule has 9 nitrogen and oxygen atoms in total. The van der Waals surface area contributed by atoms with Gasteiger partial charge in [0.15, 0.2) is 5.52 Å². The summed E-state index contributed by atoms with van der Waals surface area (Å²) < 4.78 is 26.5. The SMILES string of the molecule is CS(=O)(=O)CCNc1ccc([N+](=O)[O-])c2nonc12. The van der Waals surface area contributed by atoms with Crippen LogP contribution in [0.15, 0.2) is 16.8 Å². The van der Waals surface area contributed by atoms with Crippen LogP contribution in [0.25, 0.3) is 11.0 Å². The maximum Gasteiger partial charge on any atom is 0.300 e. The number of nitrogens with zero attached hydrogens (tertiary/aromatic N) is 3. The van der Waals surface area contributed by atoms with Gasteiger partial charge in [0.05, 0.1) is 16.4 Å². The van der Waals surface area contributed by atoms with E-state index in [1.54, 1.807) is 0 Å². The van der Waals surface area contributed by atoms with Crippen molar-refractivity contribution in [3.8, 4) is 0 Å². The second-order valence-corrected chi connectivity index (χ2v) is 6.17. The quantitative estimate of drug-likeness (QED) is 0.624. The summed E-state index contributed by atoms with van der Waals surface area (Å²) in [6, 6.07) is 2.70. The number of fused-ring (bicyclic) bond motifs is 1. The van der Waals surface area contributed by atoms with Crippen molar-refractivity contribution in [1.82, 2.24) is 10.3 Å². The number of nitrogens with one attached hydrogen (secondary N) is 1. The largest absolute Gasteiger partial charge is 0.382 e. The van der Waals surface area contributed by atoms with Crippen LogP contribution >= 0.6 is 0 Å². The molecule has 0 unspecified atom stereocenters. The summed E-state index contributed by atoms with van der Waals surface area (Å²) in [4.78, 5) is 10.2. The van der Waals surface area contributed by atoms with Gasteiger partial charge < -0.3 is 5.32 Å². The molecule has 0 atom stereocenters. The topological polar surface area (TPSA) is 128 Å². The molecule has 0 amide bonds. The van der Waals surface area contributed by atoms with Crippen molar-refractivity contribution >= 4 is 32.2 Å². The summed E-state index contributed by atoms with van der Waals surface area (Å²) >= 11 is 0. The second-order valence-electron chi connectivity index (χ2n) is 3.91. The van der Waals surface area contributed by atoms with Crippen molar-refractivity contribution in [1.29, 1.82) is 0 Å². The summed E-state index contributed by atoms with van der Waals surface area (Å²) in [6.45, 7) is 0.165. The molecule has 10 heteroatoms. The van der Waals surface area contributed by atoms with E-state index in [4.69, 9.17) is 0 Å². The maximum absolute atomic E-state index is 11.0. The summed E-state index contributed by atoms with van der Waals surface area (Å²) in [5.74, 6) is -0.0588. The smallest absolute Gasteiger partial charge is 0.300 e. The van der Waals surface area contributed by atoms with Crippen LogP contribution in [-0.2, 0) is 9.84 Å². The lowest BCUT2D eigenvalue weighted by atomic mass is 10.2. The van der Waals surface area contributed by atoms with E-state index in [0.717, 1.165) is 6.26 Å². The Labute approximate surface area is 107 Å². The zero-order valence-electron chi connectivity index (χ0n) is 9.86. The van der Waals surface area contributed by atoms with E-state index in [-0.39, 0.29) is 29.0 Å². The number of nitro groups is 1. The molecule has 0 bridgehead atoms. The molecule has 1 aromatic carbocycles. The Kier molecular flexibility index (Phi) is 3.34. The van der Waals surface area contributed by atoms with Crippen molar-refractivity contribution in [3.63, 3.8) is 0 Å². The van der Waals surface area contributed by atoms with Gasteiger partial charge in [0, 0.05) is 18.9 Å².